The van der Waals surface area contributed by atoms with Crippen molar-refractivity contribution in [2.75, 3.05) is 13.1 Å². The second-order valence-corrected chi connectivity index (χ2v) is 11.1. The van der Waals surface area contributed by atoms with E-state index in [-0.39, 0.29) is 24.4 Å². The molecule has 1 aromatic heterocycles. The molecule has 2 saturated heterocycles. The lowest BCUT2D eigenvalue weighted by Crippen LogP contribution is -2.41. The van der Waals surface area contributed by atoms with Gasteiger partial charge in [0.1, 0.15) is 0 Å². The van der Waals surface area contributed by atoms with Crippen LogP contribution in [0.25, 0.3) is 5.47 Å². The molecule has 4 aliphatic rings. The Balaban J connectivity index is 1.23. The third-order valence-corrected chi connectivity index (χ3v) is 8.47. The Morgan fingerprint density at radius 2 is 1.81 bits per heavy atom. The Labute approximate surface area is 187 Å². The number of β-amino-alcohol motifs (C(OH)–C–C–N with tert-alkyl or cyclic N) is 1. The molecule has 1 atom stereocenters. The SMILES string of the molecule is CC1(C)OB(C2=CCCc3c2cnn3CC2CCC(N3CC[C@@H](O)C3)CC2)OC1(C)C. The van der Waals surface area contributed by atoms with Gasteiger partial charge >= 0.3 is 7.12 Å². The van der Waals surface area contributed by atoms with Gasteiger partial charge in [-0.05, 0) is 84.0 Å². The van der Waals surface area contributed by atoms with Crippen LogP contribution >= 0.6 is 0 Å². The number of aliphatic hydroxyl groups is 1. The molecule has 3 fully saturated rings. The molecule has 3 heterocycles. The van der Waals surface area contributed by atoms with Crippen LogP contribution in [-0.2, 0) is 22.3 Å². The van der Waals surface area contributed by atoms with Gasteiger partial charge in [0, 0.05) is 36.9 Å². The fourth-order valence-electron chi connectivity index (χ4n) is 5.78. The number of rotatable bonds is 4. The first-order valence-corrected chi connectivity index (χ1v) is 12.3. The van der Waals surface area contributed by atoms with Crippen LogP contribution in [0.5, 0.6) is 0 Å². The first kappa shape index (κ1) is 21.7. The van der Waals surface area contributed by atoms with Crippen molar-refractivity contribution >= 4 is 12.6 Å². The van der Waals surface area contributed by atoms with E-state index in [1.165, 1.54) is 36.9 Å². The number of aromatic nitrogens is 2. The molecule has 2 aliphatic carbocycles. The Morgan fingerprint density at radius 3 is 2.45 bits per heavy atom. The van der Waals surface area contributed by atoms with Crippen LogP contribution < -0.4 is 0 Å². The van der Waals surface area contributed by atoms with E-state index in [1.807, 2.05) is 6.20 Å². The molecule has 0 radical (unpaired) electrons. The van der Waals surface area contributed by atoms with E-state index in [4.69, 9.17) is 14.4 Å². The van der Waals surface area contributed by atoms with Crippen LogP contribution in [0.4, 0.5) is 0 Å². The fourth-order valence-corrected chi connectivity index (χ4v) is 5.78. The normalized spacial score (nSPS) is 32.9. The highest BCUT2D eigenvalue weighted by atomic mass is 16.7. The summed E-state index contributed by atoms with van der Waals surface area (Å²) >= 11 is 0. The van der Waals surface area contributed by atoms with Crippen molar-refractivity contribution in [3.63, 3.8) is 0 Å². The Bertz CT molecular complexity index is 825. The topological polar surface area (TPSA) is 59.8 Å². The zero-order valence-corrected chi connectivity index (χ0v) is 19.6. The van der Waals surface area contributed by atoms with Crippen molar-refractivity contribution in [2.24, 2.45) is 5.92 Å². The van der Waals surface area contributed by atoms with Crippen LogP contribution in [0.3, 0.4) is 0 Å². The first-order chi connectivity index (χ1) is 14.7. The summed E-state index contributed by atoms with van der Waals surface area (Å²) in [5.74, 6) is 0.693. The number of allylic oxidation sites excluding steroid dienone is 1. The highest BCUT2D eigenvalue weighted by Gasteiger charge is 2.53. The van der Waals surface area contributed by atoms with Crippen molar-refractivity contribution < 1.29 is 14.4 Å². The molecule has 6 nitrogen and oxygen atoms in total. The largest absolute Gasteiger partial charge is 0.495 e. The molecule has 31 heavy (non-hydrogen) atoms. The number of nitrogens with zero attached hydrogens (tertiary/aromatic N) is 3. The van der Waals surface area contributed by atoms with Gasteiger partial charge in [-0.1, -0.05) is 6.08 Å². The van der Waals surface area contributed by atoms with Crippen molar-refractivity contribution in [3.8, 4) is 0 Å². The van der Waals surface area contributed by atoms with Crippen LogP contribution in [0, 0.1) is 5.92 Å². The van der Waals surface area contributed by atoms with Gasteiger partial charge in [0.25, 0.3) is 0 Å². The predicted molar refractivity (Wildman–Crippen MR) is 123 cm³/mol. The fraction of sp³-hybridized carbons (Fsp3) is 0.792. The number of hydrogen-bond acceptors (Lipinski definition) is 5. The quantitative estimate of drug-likeness (QED) is 0.746. The van der Waals surface area contributed by atoms with E-state index < -0.39 is 0 Å². The molecule has 1 N–H and O–H groups in total. The third kappa shape index (κ3) is 4.03. The summed E-state index contributed by atoms with van der Waals surface area (Å²) in [5, 5.41) is 14.7. The number of likely N-dealkylation sites (tertiary alicyclic amines) is 1. The minimum absolute atomic E-state index is 0.112. The third-order valence-electron chi connectivity index (χ3n) is 8.47. The molecule has 170 valence electrons. The lowest BCUT2D eigenvalue weighted by molar-refractivity contribution is 0.00578. The van der Waals surface area contributed by atoms with Gasteiger partial charge in [-0.25, -0.2) is 0 Å². The Hall–Kier alpha value is -1.15. The maximum absolute atomic E-state index is 9.85. The van der Waals surface area contributed by atoms with E-state index in [2.05, 4.69) is 43.4 Å². The molecule has 2 aliphatic heterocycles. The van der Waals surface area contributed by atoms with E-state index in [0.717, 1.165) is 44.4 Å². The second kappa shape index (κ2) is 8.01. The minimum Gasteiger partial charge on any atom is -0.399 e. The average Bonchev–Trinajstić information content (AvgIpc) is 3.39. The van der Waals surface area contributed by atoms with Crippen molar-refractivity contribution in [1.29, 1.82) is 0 Å². The molecular weight excluding hydrogens is 389 g/mol. The summed E-state index contributed by atoms with van der Waals surface area (Å²) in [5.41, 5.74) is 3.07. The summed E-state index contributed by atoms with van der Waals surface area (Å²) in [6.45, 7) is 11.4. The first-order valence-electron chi connectivity index (χ1n) is 12.3. The molecule has 0 spiro atoms. The minimum atomic E-state index is -0.323. The molecule has 0 aromatic carbocycles. The smallest absolute Gasteiger partial charge is 0.399 e. The Morgan fingerprint density at radius 1 is 1.10 bits per heavy atom. The van der Waals surface area contributed by atoms with Gasteiger partial charge in [0.05, 0.1) is 23.5 Å². The number of fused-ring (bicyclic) bond motifs is 1. The van der Waals surface area contributed by atoms with E-state index in [9.17, 15) is 5.11 Å². The van der Waals surface area contributed by atoms with Gasteiger partial charge in [0.2, 0.25) is 0 Å². The molecule has 0 amide bonds. The summed E-state index contributed by atoms with van der Waals surface area (Å²) in [7, 11) is -0.312. The summed E-state index contributed by atoms with van der Waals surface area (Å²) < 4.78 is 14.9. The number of hydrogen-bond donors (Lipinski definition) is 1. The summed E-state index contributed by atoms with van der Waals surface area (Å²) in [6.07, 6.45) is 12.2. The second-order valence-electron chi connectivity index (χ2n) is 11.1. The van der Waals surface area contributed by atoms with Gasteiger partial charge in [0.15, 0.2) is 0 Å². The van der Waals surface area contributed by atoms with Crippen LogP contribution in [0.1, 0.15) is 77.5 Å². The van der Waals surface area contributed by atoms with Crippen LogP contribution in [0.15, 0.2) is 12.3 Å². The standard InChI is InChI=1S/C24H38BN3O3/c1-23(2)24(3,4)31-25(30-23)21-6-5-7-22-20(21)14-26-28(22)15-17-8-10-18(11-9-17)27-13-12-19(29)16-27/h6,14,17-19,29H,5,7-13,15-16H2,1-4H3/t17?,18?,19-/m1/s1. The van der Waals surface area contributed by atoms with Crippen molar-refractivity contribution in [1.82, 2.24) is 14.7 Å². The lowest BCUT2D eigenvalue weighted by Gasteiger charge is -2.34. The molecule has 1 aromatic rings. The zero-order chi connectivity index (χ0) is 21.8. The van der Waals surface area contributed by atoms with E-state index in [1.54, 1.807) is 0 Å². The van der Waals surface area contributed by atoms with Crippen LogP contribution in [-0.4, -0.2) is 63.3 Å². The van der Waals surface area contributed by atoms with Crippen LogP contribution in [0.2, 0.25) is 0 Å². The molecule has 0 unspecified atom stereocenters. The number of aliphatic hydroxyl groups excluding tert-OH is 1. The monoisotopic (exact) mass is 427 g/mol. The van der Waals surface area contributed by atoms with E-state index >= 15 is 0 Å². The summed E-state index contributed by atoms with van der Waals surface area (Å²) in [6, 6.07) is 0.665. The molecular formula is C24H38BN3O3. The van der Waals surface area contributed by atoms with Gasteiger partial charge in [-0.15, -0.1) is 0 Å². The maximum Gasteiger partial charge on any atom is 0.495 e. The van der Waals surface area contributed by atoms with Gasteiger partial charge < -0.3 is 14.4 Å². The molecule has 0 bridgehead atoms. The highest BCUT2D eigenvalue weighted by molar-refractivity contribution is 6.69. The Kier molecular flexibility index (Phi) is 5.61. The molecule has 7 heteroatoms. The van der Waals surface area contributed by atoms with Gasteiger partial charge in [-0.3, -0.25) is 9.58 Å². The molecule has 1 saturated carbocycles. The predicted octanol–water partition coefficient (Wildman–Crippen LogP) is 3.47. The molecule has 5 rings (SSSR count). The summed E-state index contributed by atoms with van der Waals surface area (Å²) in [4.78, 5) is 2.51. The lowest BCUT2D eigenvalue weighted by atomic mass is 9.71. The average molecular weight is 427 g/mol. The highest BCUT2D eigenvalue weighted by Crippen LogP contribution is 2.42. The van der Waals surface area contributed by atoms with Crippen molar-refractivity contribution in [2.45, 2.75) is 103 Å². The maximum atomic E-state index is 9.85. The van der Waals surface area contributed by atoms with Crippen molar-refractivity contribution in [3.05, 3.63) is 23.5 Å². The van der Waals surface area contributed by atoms with Gasteiger partial charge in [-0.2, -0.15) is 5.10 Å². The zero-order valence-electron chi connectivity index (χ0n) is 19.6. The van der Waals surface area contributed by atoms with E-state index in [0.29, 0.717) is 12.0 Å².